The highest BCUT2D eigenvalue weighted by Crippen LogP contribution is 2.27. The first-order chi connectivity index (χ1) is 11.6. The molecule has 24 heavy (non-hydrogen) atoms. The first-order valence-electron chi connectivity index (χ1n) is 8.02. The average molecular weight is 322 g/mol. The molecular formula is C19H18N2O3. The van der Waals surface area contributed by atoms with E-state index in [4.69, 9.17) is 0 Å². The number of carbonyl (C=O) groups is 1. The van der Waals surface area contributed by atoms with Crippen molar-refractivity contribution in [2.45, 2.75) is 12.8 Å². The fourth-order valence-electron chi connectivity index (χ4n) is 3.46. The summed E-state index contributed by atoms with van der Waals surface area (Å²) < 4.78 is 0. The van der Waals surface area contributed by atoms with Crippen LogP contribution in [0.15, 0.2) is 42.5 Å². The highest BCUT2D eigenvalue weighted by molar-refractivity contribution is 5.95. The summed E-state index contributed by atoms with van der Waals surface area (Å²) in [6.07, 6.45) is 1.55. The van der Waals surface area contributed by atoms with Crippen LogP contribution in [0, 0.1) is 0 Å². The van der Waals surface area contributed by atoms with Crippen molar-refractivity contribution >= 4 is 16.8 Å². The summed E-state index contributed by atoms with van der Waals surface area (Å²) in [5, 5.41) is 20.4. The summed E-state index contributed by atoms with van der Waals surface area (Å²) in [7, 11) is 0. The standard InChI is InChI=1S/C19H18N2O3/c22-13-9-12(10-14(23)11-13)19(24)21-7-5-16-15-3-1-2-4-17(15)20-18(16)6-8-21/h1-4,9-11,20,22-23H,5-8H2. The predicted octanol–water partition coefficient (Wildman–Crippen LogP) is 2.82. The van der Waals surface area contributed by atoms with Gasteiger partial charge in [-0.3, -0.25) is 4.79 Å². The normalized spacial score (nSPS) is 14.4. The van der Waals surface area contributed by atoms with Crippen LogP contribution in [0.4, 0.5) is 0 Å². The number of phenolic OH excluding ortho intramolecular Hbond substituents is 2. The lowest BCUT2D eigenvalue weighted by molar-refractivity contribution is 0.0762. The molecule has 1 amide bonds. The van der Waals surface area contributed by atoms with Crippen LogP contribution in [-0.4, -0.2) is 39.1 Å². The van der Waals surface area contributed by atoms with Crippen LogP contribution in [0.5, 0.6) is 11.5 Å². The van der Waals surface area contributed by atoms with Gasteiger partial charge in [-0.25, -0.2) is 0 Å². The zero-order valence-corrected chi connectivity index (χ0v) is 13.1. The molecule has 0 saturated carbocycles. The van der Waals surface area contributed by atoms with Crippen molar-refractivity contribution in [2.24, 2.45) is 0 Å². The molecule has 1 aliphatic rings. The van der Waals surface area contributed by atoms with E-state index >= 15 is 0 Å². The molecule has 0 radical (unpaired) electrons. The van der Waals surface area contributed by atoms with E-state index < -0.39 is 0 Å². The Labute approximate surface area is 139 Å². The number of fused-ring (bicyclic) bond motifs is 3. The number of nitrogens with zero attached hydrogens (tertiary/aromatic N) is 1. The monoisotopic (exact) mass is 322 g/mol. The third-order valence-electron chi connectivity index (χ3n) is 4.60. The van der Waals surface area contributed by atoms with Gasteiger partial charge >= 0.3 is 0 Å². The molecule has 3 aromatic rings. The maximum Gasteiger partial charge on any atom is 0.254 e. The zero-order valence-electron chi connectivity index (χ0n) is 13.1. The molecule has 0 aliphatic carbocycles. The Morgan fingerprint density at radius 2 is 1.71 bits per heavy atom. The van der Waals surface area contributed by atoms with Crippen LogP contribution in [0.25, 0.3) is 10.9 Å². The fraction of sp³-hybridized carbons (Fsp3) is 0.211. The Morgan fingerprint density at radius 3 is 2.50 bits per heavy atom. The maximum atomic E-state index is 12.7. The Bertz CT molecular complexity index is 909. The number of benzene rings is 2. The van der Waals surface area contributed by atoms with E-state index in [0.29, 0.717) is 18.7 Å². The van der Waals surface area contributed by atoms with Crippen molar-refractivity contribution in [1.82, 2.24) is 9.88 Å². The quantitative estimate of drug-likeness (QED) is 0.645. The van der Waals surface area contributed by atoms with Crippen LogP contribution < -0.4 is 0 Å². The molecule has 1 aliphatic heterocycles. The minimum absolute atomic E-state index is 0.107. The lowest BCUT2D eigenvalue weighted by Gasteiger charge is -2.20. The summed E-state index contributed by atoms with van der Waals surface area (Å²) in [5.74, 6) is -0.385. The van der Waals surface area contributed by atoms with Gasteiger partial charge in [-0.15, -0.1) is 0 Å². The van der Waals surface area contributed by atoms with Crippen LogP contribution in [0.3, 0.4) is 0 Å². The van der Waals surface area contributed by atoms with Crippen molar-refractivity contribution in [3.05, 3.63) is 59.3 Å². The summed E-state index contributed by atoms with van der Waals surface area (Å²) >= 11 is 0. The summed E-state index contributed by atoms with van der Waals surface area (Å²) in [6, 6.07) is 12.2. The number of aromatic nitrogens is 1. The lowest BCUT2D eigenvalue weighted by Crippen LogP contribution is -2.33. The molecule has 0 bridgehead atoms. The van der Waals surface area contributed by atoms with Crippen molar-refractivity contribution in [3.63, 3.8) is 0 Å². The van der Waals surface area contributed by atoms with Gasteiger partial charge < -0.3 is 20.1 Å². The molecule has 0 spiro atoms. The maximum absolute atomic E-state index is 12.7. The Morgan fingerprint density at radius 1 is 1.00 bits per heavy atom. The van der Waals surface area contributed by atoms with Crippen LogP contribution in [0.1, 0.15) is 21.6 Å². The molecule has 5 heteroatoms. The fourth-order valence-corrected chi connectivity index (χ4v) is 3.46. The van der Waals surface area contributed by atoms with E-state index in [-0.39, 0.29) is 17.4 Å². The van der Waals surface area contributed by atoms with Gasteiger partial charge in [-0.2, -0.15) is 0 Å². The number of amides is 1. The number of hydrogen-bond donors (Lipinski definition) is 3. The van der Waals surface area contributed by atoms with Crippen LogP contribution in [-0.2, 0) is 12.8 Å². The van der Waals surface area contributed by atoms with E-state index in [9.17, 15) is 15.0 Å². The summed E-state index contributed by atoms with van der Waals surface area (Å²) in [5.41, 5.74) is 3.91. The van der Waals surface area contributed by atoms with Crippen molar-refractivity contribution < 1.29 is 15.0 Å². The van der Waals surface area contributed by atoms with E-state index in [1.165, 1.54) is 34.8 Å². The first kappa shape index (κ1) is 14.6. The van der Waals surface area contributed by atoms with E-state index in [0.717, 1.165) is 18.4 Å². The van der Waals surface area contributed by atoms with Crippen LogP contribution >= 0.6 is 0 Å². The molecule has 2 heterocycles. The number of carbonyl (C=O) groups excluding carboxylic acids is 1. The average Bonchev–Trinajstić information content (AvgIpc) is 2.78. The largest absolute Gasteiger partial charge is 0.508 e. The molecular weight excluding hydrogens is 304 g/mol. The topological polar surface area (TPSA) is 76.6 Å². The molecule has 4 rings (SSSR count). The van der Waals surface area contributed by atoms with E-state index in [2.05, 4.69) is 17.1 Å². The zero-order chi connectivity index (χ0) is 16.7. The molecule has 2 aromatic carbocycles. The number of aromatic amines is 1. The molecule has 0 saturated heterocycles. The number of H-pyrrole nitrogens is 1. The van der Waals surface area contributed by atoms with E-state index in [1.807, 2.05) is 12.1 Å². The Hall–Kier alpha value is -2.95. The number of rotatable bonds is 1. The van der Waals surface area contributed by atoms with Gasteiger partial charge in [0.1, 0.15) is 11.5 Å². The van der Waals surface area contributed by atoms with Crippen molar-refractivity contribution in [2.75, 3.05) is 13.1 Å². The van der Waals surface area contributed by atoms with Gasteiger partial charge in [0.2, 0.25) is 0 Å². The second-order valence-corrected chi connectivity index (χ2v) is 6.16. The SMILES string of the molecule is O=C(c1cc(O)cc(O)c1)N1CCc2[nH]c3ccccc3c2CC1. The molecule has 3 N–H and O–H groups in total. The van der Waals surface area contributed by atoms with Gasteiger partial charge in [0.25, 0.3) is 5.91 Å². The molecule has 0 fully saturated rings. The molecule has 0 unspecified atom stereocenters. The third-order valence-corrected chi connectivity index (χ3v) is 4.60. The summed E-state index contributed by atoms with van der Waals surface area (Å²) in [6.45, 7) is 1.22. The van der Waals surface area contributed by atoms with Gasteiger partial charge in [0, 0.05) is 47.7 Å². The molecule has 5 nitrogen and oxygen atoms in total. The second-order valence-electron chi connectivity index (χ2n) is 6.16. The number of phenols is 2. The minimum atomic E-state index is -0.171. The first-order valence-corrected chi connectivity index (χ1v) is 8.02. The Kier molecular flexibility index (Phi) is 3.41. The molecule has 0 atom stereocenters. The smallest absolute Gasteiger partial charge is 0.254 e. The van der Waals surface area contributed by atoms with Gasteiger partial charge in [-0.1, -0.05) is 18.2 Å². The minimum Gasteiger partial charge on any atom is -0.508 e. The highest BCUT2D eigenvalue weighted by atomic mass is 16.3. The number of nitrogens with one attached hydrogen (secondary N) is 1. The lowest BCUT2D eigenvalue weighted by atomic mass is 10.1. The highest BCUT2D eigenvalue weighted by Gasteiger charge is 2.22. The number of aromatic hydroxyl groups is 2. The second kappa shape index (κ2) is 5.60. The van der Waals surface area contributed by atoms with Gasteiger partial charge in [0.15, 0.2) is 0 Å². The van der Waals surface area contributed by atoms with Crippen molar-refractivity contribution in [1.29, 1.82) is 0 Å². The van der Waals surface area contributed by atoms with Gasteiger partial charge in [-0.05, 0) is 30.2 Å². The van der Waals surface area contributed by atoms with Crippen molar-refractivity contribution in [3.8, 4) is 11.5 Å². The van der Waals surface area contributed by atoms with E-state index in [1.54, 1.807) is 4.90 Å². The van der Waals surface area contributed by atoms with Crippen LogP contribution in [0.2, 0.25) is 0 Å². The third kappa shape index (κ3) is 2.48. The summed E-state index contributed by atoms with van der Waals surface area (Å²) in [4.78, 5) is 17.9. The number of para-hydroxylation sites is 1. The van der Waals surface area contributed by atoms with Gasteiger partial charge in [0.05, 0.1) is 0 Å². The predicted molar refractivity (Wildman–Crippen MR) is 91.4 cm³/mol. The Balaban J connectivity index is 1.60. The molecule has 1 aromatic heterocycles. The molecule has 122 valence electrons. The number of hydrogen-bond acceptors (Lipinski definition) is 3.